The molecule has 1 aliphatic heterocycles. The Bertz CT molecular complexity index is 344. The number of nitrogens with one attached hydrogen (secondary N) is 1. The molecule has 1 heterocycles. The Morgan fingerprint density at radius 1 is 1.28 bits per heavy atom. The summed E-state index contributed by atoms with van der Waals surface area (Å²) in [5.41, 5.74) is 5.71. The Balaban J connectivity index is 1.86. The van der Waals surface area contributed by atoms with Gasteiger partial charge in [0.2, 0.25) is 0 Å². The topological polar surface area (TPSA) is 38.0 Å². The molecule has 0 radical (unpaired) electrons. The summed E-state index contributed by atoms with van der Waals surface area (Å²) < 4.78 is 0. The summed E-state index contributed by atoms with van der Waals surface area (Å²) in [6.45, 7) is 2.13. The minimum Gasteiger partial charge on any atom is -0.271 e. The molecule has 1 saturated heterocycles. The van der Waals surface area contributed by atoms with Crippen LogP contribution in [0, 0.1) is 12.8 Å². The van der Waals surface area contributed by atoms with Crippen LogP contribution in [0.15, 0.2) is 24.3 Å². The Kier molecular flexibility index (Phi) is 5.54. The summed E-state index contributed by atoms with van der Waals surface area (Å²) in [5, 5.41) is 0. The van der Waals surface area contributed by atoms with E-state index in [1.807, 2.05) is 0 Å². The molecule has 18 heavy (non-hydrogen) atoms. The van der Waals surface area contributed by atoms with Gasteiger partial charge in [0.25, 0.3) is 0 Å². The smallest absolute Gasteiger partial charge is 0.0253 e. The molecule has 1 unspecified atom stereocenters. The third-order valence-electron chi connectivity index (χ3n) is 3.80. The van der Waals surface area contributed by atoms with Gasteiger partial charge in [0.05, 0.1) is 0 Å². The third kappa shape index (κ3) is 4.30. The minimum atomic E-state index is 0.417. The van der Waals surface area contributed by atoms with Crippen molar-refractivity contribution in [1.82, 2.24) is 5.43 Å². The lowest BCUT2D eigenvalue weighted by molar-refractivity contribution is 0.365. The molecule has 1 aliphatic rings. The maximum atomic E-state index is 5.71. The Hall–Kier alpha value is -0.510. The van der Waals surface area contributed by atoms with Crippen LogP contribution in [0.1, 0.15) is 30.4 Å². The summed E-state index contributed by atoms with van der Waals surface area (Å²) in [4.78, 5) is 0. The molecule has 0 spiro atoms. The molecule has 100 valence electrons. The zero-order valence-corrected chi connectivity index (χ0v) is 12.0. The highest BCUT2D eigenvalue weighted by Crippen LogP contribution is 2.26. The number of hydrogen-bond acceptors (Lipinski definition) is 3. The van der Waals surface area contributed by atoms with Crippen LogP contribution in [0.2, 0.25) is 0 Å². The number of benzene rings is 1. The van der Waals surface area contributed by atoms with Crippen molar-refractivity contribution in [3.63, 3.8) is 0 Å². The molecule has 0 aromatic heterocycles. The van der Waals surface area contributed by atoms with Crippen molar-refractivity contribution in [3.8, 4) is 0 Å². The lowest BCUT2D eigenvalue weighted by Crippen LogP contribution is -2.38. The average molecular weight is 264 g/mol. The summed E-state index contributed by atoms with van der Waals surface area (Å²) >= 11 is 2.09. The zero-order valence-electron chi connectivity index (χ0n) is 11.2. The Morgan fingerprint density at radius 3 is 2.56 bits per heavy atom. The fourth-order valence-corrected chi connectivity index (χ4v) is 3.81. The molecule has 2 nitrogen and oxygen atoms in total. The molecular formula is C15H24N2S. The van der Waals surface area contributed by atoms with E-state index in [4.69, 9.17) is 5.84 Å². The van der Waals surface area contributed by atoms with E-state index in [2.05, 4.69) is 48.4 Å². The molecule has 1 aromatic carbocycles. The first-order chi connectivity index (χ1) is 8.78. The zero-order chi connectivity index (χ0) is 12.8. The third-order valence-corrected chi connectivity index (χ3v) is 4.85. The van der Waals surface area contributed by atoms with Crippen LogP contribution in [-0.2, 0) is 6.42 Å². The Labute approximate surface area is 115 Å². The second-order valence-corrected chi connectivity index (χ2v) is 6.57. The average Bonchev–Trinajstić information content (AvgIpc) is 2.41. The lowest BCUT2D eigenvalue weighted by atomic mass is 9.91. The van der Waals surface area contributed by atoms with E-state index in [1.165, 1.54) is 41.9 Å². The van der Waals surface area contributed by atoms with E-state index in [9.17, 15) is 0 Å². The van der Waals surface area contributed by atoms with Crippen LogP contribution < -0.4 is 11.3 Å². The predicted octanol–water partition coefficient (Wildman–Crippen LogP) is 2.90. The molecule has 2 rings (SSSR count). The molecule has 0 saturated carbocycles. The summed E-state index contributed by atoms with van der Waals surface area (Å²) in [6, 6.07) is 9.22. The van der Waals surface area contributed by atoms with Gasteiger partial charge in [-0.25, -0.2) is 0 Å². The van der Waals surface area contributed by atoms with Crippen LogP contribution in [-0.4, -0.2) is 17.5 Å². The second-order valence-electron chi connectivity index (χ2n) is 5.34. The SMILES string of the molecule is Cc1ccc(CC(CC2CCSCC2)NN)cc1. The Morgan fingerprint density at radius 2 is 1.94 bits per heavy atom. The van der Waals surface area contributed by atoms with Crippen molar-refractivity contribution in [2.24, 2.45) is 11.8 Å². The van der Waals surface area contributed by atoms with Crippen molar-refractivity contribution in [3.05, 3.63) is 35.4 Å². The highest BCUT2D eigenvalue weighted by atomic mass is 32.2. The van der Waals surface area contributed by atoms with Crippen molar-refractivity contribution in [2.75, 3.05) is 11.5 Å². The van der Waals surface area contributed by atoms with E-state index in [-0.39, 0.29) is 0 Å². The number of aryl methyl sites for hydroxylation is 1. The fourth-order valence-electron chi connectivity index (χ4n) is 2.60. The van der Waals surface area contributed by atoms with Crippen molar-refractivity contribution in [2.45, 2.75) is 38.6 Å². The largest absolute Gasteiger partial charge is 0.271 e. The molecule has 1 fully saturated rings. The molecule has 1 aromatic rings. The van der Waals surface area contributed by atoms with Crippen molar-refractivity contribution < 1.29 is 0 Å². The van der Waals surface area contributed by atoms with Gasteiger partial charge in [-0.2, -0.15) is 11.8 Å². The van der Waals surface area contributed by atoms with Crippen molar-refractivity contribution >= 4 is 11.8 Å². The van der Waals surface area contributed by atoms with Gasteiger partial charge in [0.1, 0.15) is 0 Å². The molecule has 0 amide bonds. The number of hydrogen-bond donors (Lipinski definition) is 2. The quantitative estimate of drug-likeness (QED) is 0.634. The van der Waals surface area contributed by atoms with Crippen LogP contribution in [0.5, 0.6) is 0 Å². The van der Waals surface area contributed by atoms with Gasteiger partial charge in [0.15, 0.2) is 0 Å². The van der Waals surface area contributed by atoms with Gasteiger partial charge in [-0.3, -0.25) is 11.3 Å². The summed E-state index contributed by atoms with van der Waals surface area (Å²) in [5.74, 6) is 9.22. The number of thioether (sulfide) groups is 1. The normalized spacial score (nSPS) is 18.8. The maximum Gasteiger partial charge on any atom is 0.0253 e. The highest BCUT2D eigenvalue weighted by Gasteiger charge is 2.18. The number of hydrazine groups is 1. The van der Waals surface area contributed by atoms with Crippen LogP contribution in [0.3, 0.4) is 0 Å². The van der Waals surface area contributed by atoms with Crippen molar-refractivity contribution in [1.29, 1.82) is 0 Å². The van der Waals surface area contributed by atoms with E-state index >= 15 is 0 Å². The molecule has 3 N–H and O–H groups in total. The highest BCUT2D eigenvalue weighted by molar-refractivity contribution is 7.99. The van der Waals surface area contributed by atoms with Gasteiger partial charge in [-0.05, 0) is 55.6 Å². The van der Waals surface area contributed by atoms with Gasteiger partial charge >= 0.3 is 0 Å². The number of rotatable bonds is 5. The molecule has 1 atom stereocenters. The van der Waals surface area contributed by atoms with Gasteiger partial charge in [-0.1, -0.05) is 29.8 Å². The van der Waals surface area contributed by atoms with Gasteiger partial charge < -0.3 is 0 Å². The first kappa shape index (κ1) is 13.9. The van der Waals surface area contributed by atoms with E-state index in [0.29, 0.717) is 6.04 Å². The molecule has 0 bridgehead atoms. The second kappa shape index (κ2) is 7.17. The van der Waals surface area contributed by atoms with Crippen LogP contribution in [0.25, 0.3) is 0 Å². The number of nitrogens with two attached hydrogens (primary N) is 1. The van der Waals surface area contributed by atoms with Crippen LogP contribution in [0.4, 0.5) is 0 Å². The van der Waals surface area contributed by atoms with E-state index in [0.717, 1.165) is 12.3 Å². The van der Waals surface area contributed by atoms with Gasteiger partial charge in [-0.15, -0.1) is 0 Å². The van der Waals surface area contributed by atoms with Crippen LogP contribution >= 0.6 is 11.8 Å². The first-order valence-electron chi connectivity index (χ1n) is 6.87. The molecular weight excluding hydrogens is 240 g/mol. The standard InChI is InChI=1S/C15H24N2S/c1-12-2-4-13(5-3-12)10-15(17-16)11-14-6-8-18-9-7-14/h2-5,14-15,17H,6-11,16H2,1H3. The maximum absolute atomic E-state index is 5.71. The minimum absolute atomic E-state index is 0.417. The predicted molar refractivity (Wildman–Crippen MR) is 80.7 cm³/mol. The molecule has 3 heteroatoms. The van der Waals surface area contributed by atoms with Gasteiger partial charge in [0, 0.05) is 6.04 Å². The fraction of sp³-hybridized carbons (Fsp3) is 0.600. The van der Waals surface area contributed by atoms with E-state index in [1.54, 1.807) is 0 Å². The first-order valence-corrected chi connectivity index (χ1v) is 8.03. The summed E-state index contributed by atoms with van der Waals surface area (Å²) in [6.07, 6.45) is 4.97. The lowest BCUT2D eigenvalue weighted by Gasteiger charge is -2.26. The molecule has 0 aliphatic carbocycles. The summed E-state index contributed by atoms with van der Waals surface area (Å²) in [7, 11) is 0. The monoisotopic (exact) mass is 264 g/mol. The van der Waals surface area contributed by atoms with E-state index < -0.39 is 0 Å².